The average Bonchev–Trinajstić information content (AvgIpc) is 2.47. The maximum atomic E-state index is 5.69. The van der Waals surface area contributed by atoms with Crippen molar-refractivity contribution in [1.82, 2.24) is 9.97 Å². The van der Waals surface area contributed by atoms with Crippen LogP contribution in [0.4, 0.5) is 0 Å². The lowest BCUT2D eigenvalue weighted by molar-refractivity contribution is 1.13. The second kappa shape index (κ2) is 3.46. The summed E-state index contributed by atoms with van der Waals surface area (Å²) in [7, 11) is 0. The third-order valence-corrected chi connectivity index (χ3v) is 2.94. The molecule has 1 N–H and O–H groups in total. The third kappa shape index (κ3) is 1.67. The zero-order valence-corrected chi connectivity index (χ0v) is 9.98. The van der Waals surface area contributed by atoms with Crippen LogP contribution in [-0.4, -0.2) is 9.97 Å². The minimum absolute atomic E-state index is 0.434. The van der Waals surface area contributed by atoms with Gasteiger partial charge in [0, 0.05) is 3.57 Å². The fraction of sp³-hybridized carbons (Fsp3) is 0.222. The number of aryl methyl sites for hydroxylation is 1. The first-order valence-electron chi connectivity index (χ1n) is 3.91. The van der Waals surface area contributed by atoms with E-state index in [0.717, 1.165) is 16.9 Å². The molecule has 2 aromatic rings. The minimum Gasteiger partial charge on any atom is -0.341 e. The Labute approximate surface area is 94.8 Å². The topological polar surface area (TPSA) is 28.7 Å². The summed E-state index contributed by atoms with van der Waals surface area (Å²) in [5.41, 5.74) is 3.32. The van der Waals surface area contributed by atoms with Gasteiger partial charge in [0.1, 0.15) is 11.3 Å². The molecule has 2 nitrogen and oxygen atoms in total. The molecule has 0 aliphatic carbocycles. The summed E-state index contributed by atoms with van der Waals surface area (Å²) in [5, 5.41) is 0. The Balaban J connectivity index is 2.75. The zero-order chi connectivity index (χ0) is 9.42. The number of nitrogens with one attached hydrogen (secondary N) is 1. The number of H-pyrrole nitrogens is 1. The fourth-order valence-corrected chi connectivity index (χ4v) is 2.35. The van der Waals surface area contributed by atoms with Crippen molar-refractivity contribution in [3.05, 3.63) is 27.1 Å². The van der Waals surface area contributed by atoms with E-state index in [0.29, 0.717) is 5.88 Å². The first-order valence-corrected chi connectivity index (χ1v) is 5.52. The Morgan fingerprint density at radius 1 is 1.54 bits per heavy atom. The summed E-state index contributed by atoms with van der Waals surface area (Å²) in [6, 6.07) is 4.20. The number of benzene rings is 1. The monoisotopic (exact) mass is 306 g/mol. The van der Waals surface area contributed by atoms with Crippen LogP contribution in [0.5, 0.6) is 0 Å². The number of imidazole rings is 1. The lowest BCUT2D eigenvalue weighted by atomic mass is 10.2. The quantitative estimate of drug-likeness (QED) is 0.636. The molecule has 2 rings (SSSR count). The molecule has 0 spiro atoms. The summed E-state index contributed by atoms with van der Waals surface area (Å²) in [6.07, 6.45) is 0. The summed E-state index contributed by atoms with van der Waals surface area (Å²) in [5.74, 6) is 1.27. The highest BCUT2D eigenvalue weighted by Crippen LogP contribution is 2.20. The molecule has 0 unspecified atom stereocenters. The molecule has 0 aliphatic rings. The van der Waals surface area contributed by atoms with Gasteiger partial charge in [-0.2, -0.15) is 0 Å². The van der Waals surface area contributed by atoms with E-state index in [1.54, 1.807) is 0 Å². The van der Waals surface area contributed by atoms with Crippen molar-refractivity contribution >= 4 is 45.2 Å². The number of alkyl halides is 1. The molecule has 0 radical (unpaired) electrons. The average molecular weight is 307 g/mol. The van der Waals surface area contributed by atoms with Gasteiger partial charge in [0.25, 0.3) is 0 Å². The second-order valence-electron chi connectivity index (χ2n) is 2.96. The Morgan fingerprint density at radius 2 is 2.31 bits per heavy atom. The van der Waals surface area contributed by atoms with Gasteiger partial charge in [-0.1, -0.05) is 0 Å². The van der Waals surface area contributed by atoms with Crippen LogP contribution in [0.1, 0.15) is 11.4 Å². The van der Waals surface area contributed by atoms with Crippen molar-refractivity contribution in [2.75, 3.05) is 0 Å². The molecule has 1 aromatic carbocycles. The predicted molar refractivity (Wildman–Crippen MR) is 63.1 cm³/mol. The SMILES string of the molecule is Cc1cc(I)c2nc(CCl)[nH]c2c1. The van der Waals surface area contributed by atoms with E-state index in [2.05, 4.69) is 51.6 Å². The number of nitrogens with zero attached hydrogens (tertiary/aromatic N) is 1. The molecule has 0 saturated heterocycles. The largest absolute Gasteiger partial charge is 0.341 e. The van der Waals surface area contributed by atoms with Crippen molar-refractivity contribution in [3.63, 3.8) is 0 Å². The Bertz CT molecular complexity index is 450. The molecule has 1 aromatic heterocycles. The predicted octanol–water partition coefficient (Wildman–Crippen LogP) is 3.21. The Kier molecular flexibility index (Phi) is 2.47. The van der Waals surface area contributed by atoms with Crippen LogP contribution in [0.15, 0.2) is 12.1 Å². The highest BCUT2D eigenvalue weighted by atomic mass is 127. The van der Waals surface area contributed by atoms with Gasteiger partial charge in [0.15, 0.2) is 0 Å². The lowest BCUT2D eigenvalue weighted by Crippen LogP contribution is -1.79. The van der Waals surface area contributed by atoms with E-state index in [-0.39, 0.29) is 0 Å². The normalized spacial score (nSPS) is 11.0. The van der Waals surface area contributed by atoms with Gasteiger partial charge in [-0.05, 0) is 47.2 Å². The van der Waals surface area contributed by atoms with Gasteiger partial charge in [-0.15, -0.1) is 11.6 Å². The lowest BCUT2D eigenvalue weighted by Gasteiger charge is -1.94. The Morgan fingerprint density at radius 3 is 3.00 bits per heavy atom. The van der Waals surface area contributed by atoms with Crippen molar-refractivity contribution in [1.29, 1.82) is 0 Å². The van der Waals surface area contributed by atoms with Crippen molar-refractivity contribution in [3.8, 4) is 0 Å². The second-order valence-corrected chi connectivity index (χ2v) is 4.39. The van der Waals surface area contributed by atoms with Crippen LogP contribution in [0.25, 0.3) is 11.0 Å². The number of halogens is 2. The molecule has 0 fully saturated rings. The van der Waals surface area contributed by atoms with E-state index in [9.17, 15) is 0 Å². The van der Waals surface area contributed by atoms with Crippen LogP contribution in [0.2, 0.25) is 0 Å². The van der Waals surface area contributed by atoms with E-state index in [1.807, 2.05) is 0 Å². The van der Waals surface area contributed by atoms with Crippen molar-refractivity contribution in [2.24, 2.45) is 0 Å². The van der Waals surface area contributed by atoms with Crippen LogP contribution in [0, 0.1) is 10.5 Å². The smallest absolute Gasteiger partial charge is 0.122 e. The molecule has 68 valence electrons. The van der Waals surface area contributed by atoms with Gasteiger partial charge in [-0.25, -0.2) is 4.98 Å². The fourth-order valence-electron chi connectivity index (χ4n) is 1.33. The summed E-state index contributed by atoms with van der Waals surface area (Å²) in [6.45, 7) is 2.07. The third-order valence-electron chi connectivity index (χ3n) is 1.86. The Hall–Kier alpha value is -0.290. The molecule has 0 atom stereocenters. The van der Waals surface area contributed by atoms with Gasteiger partial charge >= 0.3 is 0 Å². The minimum atomic E-state index is 0.434. The number of fused-ring (bicyclic) bond motifs is 1. The number of rotatable bonds is 1. The standard InChI is InChI=1S/C9H8ClIN2/c1-5-2-6(11)9-7(3-5)12-8(4-10)13-9/h2-3H,4H2,1H3,(H,12,13). The molecule has 0 aliphatic heterocycles. The van der Waals surface area contributed by atoms with Crippen LogP contribution in [-0.2, 0) is 5.88 Å². The molecule has 0 bridgehead atoms. The van der Waals surface area contributed by atoms with Gasteiger partial charge in [-0.3, -0.25) is 0 Å². The first kappa shape index (κ1) is 9.27. The number of hydrogen-bond donors (Lipinski definition) is 1. The van der Waals surface area contributed by atoms with E-state index in [4.69, 9.17) is 11.6 Å². The van der Waals surface area contributed by atoms with Gasteiger partial charge in [0.2, 0.25) is 0 Å². The first-order chi connectivity index (χ1) is 6.20. The number of hydrogen-bond acceptors (Lipinski definition) is 1. The summed E-state index contributed by atoms with van der Waals surface area (Å²) < 4.78 is 1.17. The molecular weight excluding hydrogens is 298 g/mol. The van der Waals surface area contributed by atoms with Crippen molar-refractivity contribution in [2.45, 2.75) is 12.8 Å². The molecule has 4 heteroatoms. The molecule has 0 saturated carbocycles. The maximum absolute atomic E-state index is 5.69. The van der Waals surface area contributed by atoms with Crippen LogP contribution in [0.3, 0.4) is 0 Å². The van der Waals surface area contributed by atoms with Crippen LogP contribution < -0.4 is 0 Å². The molecule has 13 heavy (non-hydrogen) atoms. The summed E-state index contributed by atoms with van der Waals surface area (Å²) >= 11 is 7.98. The molecule has 0 amide bonds. The zero-order valence-electron chi connectivity index (χ0n) is 7.06. The van der Waals surface area contributed by atoms with E-state index >= 15 is 0 Å². The highest BCUT2D eigenvalue weighted by Gasteiger charge is 2.05. The van der Waals surface area contributed by atoms with Crippen LogP contribution >= 0.6 is 34.2 Å². The number of aromatic nitrogens is 2. The highest BCUT2D eigenvalue weighted by molar-refractivity contribution is 14.1. The van der Waals surface area contributed by atoms with E-state index in [1.165, 1.54) is 9.13 Å². The maximum Gasteiger partial charge on any atom is 0.122 e. The molecular formula is C9H8ClIN2. The molecule has 1 heterocycles. The van der Waals surface area contributed by atoms with Gasteiger partial charge in [0.05, 0.1) is 11.4 Å². The van der Waals surface area contributed by atoms with Crippen molar-refractivity contribution < 1.29 is 0 Å². The number of aromatic amines is 1. The van der Waals surface area contributed by atoms with E-state index < -0.39 is 0 Å². The van der Waals surface area contributed by atoms with Gasteiger partial charge < -0.3 is 4.98 Å². The summed E-state index contributed by atoms with van der Waals surface area (Å²) in [4.78, 5) is 7.56.